The lowest BCUT2D eigenvalue weighted by atomic mass is 9.74. The molecule has 2 aliphatic rings. The van der Waals surface area contributed by atoms with Gasteiger partial charge in [-0.25, -0.2) is 8.42 Å². The molecule has 0 spiro atoms. The van der Waals surface area contributed by atoms with E-state index >= 15 is 0 Å². The second kappa shape index (κ2) is 5.11. The monoisotopic (exact) mass is 289 g/mol. The summed E-state index contributed by atoms with van der Waals surface area (Å²) in [7, 11) is -3.37. The minimum atomic E-state index is -3.37. The summed E-state index contributed by atoms with van der Waals surface area (Å²) in [5.41, 5.74) is -0.726. The number of sulfone groups is 1. The number of carboxylic acids is 1. The first kappa shape index (κ1) is 14.3. The maximum Gasteiger partial charge on any atom is 0.305 e. The molecule has 0 aromatic carbocycles. The molecule has 7 heteroatoms. The van der Waals surface area contributed by atoms with Crippen molar-refractivity contribution in [1.82, 2.24) is 5.32 Å². The van der Waals surface area contributed by atoms with Gasteiger partial charge in [0.15, 0.2) is 9.84 Å². The second-order valence-corrected chi connectivity index (χ2v) is 7.85. The van der Waals surface area contributed by atoms with Gasteiger partial charge in [-0.1, -0.05) is 6.42 Å². The summed E-state index contributed by atoms with van der Waals surface area (Å²) in [6, 6.07) is 0. The van der Waals surface area contributed by atoms with Gasteiger partial charge in [-0.15, -0.1) is 0 Å². The number of amides is 1. The van der Waals surface area contributed by atoms with Crippen LogP contribution in [0.15, 0.2) is 0 Å². The SMILES string of the molecule is O=C(O)CC1(NC(=O)C2CCCCS2(=O)=O)CCC1. The molecule has 0 bridgehead atoms. The molecule has 2 N–H and O–H groups in total. The fourth-order valence-corrected chi connectivity index (χ4v) is 4.63. The summed E-state index contributed by atoms with van der Waals surface area (Å²) in [4.78, 5) is 22.9. The van der Waals surface area contributed by atoms with Gasteiger partial charge in [0.1, 0.15) is 5.25 Å². The van der Waals surface area contributed by atoms with Gasteiger partial charge in [0.05, 0.1) is 17.7 Å². The number of nitrogens with one attached hydrogen (secondary N) is 1. The van der Waals surface area contributed by atoms with Crippen molar-refractivity contribution >= 4 is 21.7 Å². The van der Waals surface area contributed by atoms with E-state index in [1.807, 2.05) is 0 Å². The molecular weight excluding hydrogens is 270 g/mol. The van der Waals surface area contributed by atoms with E-state index in [0.717, 1.165) is 12.8 Å². The van der Waals surface area contributed by atoms with Gasteiger partial charge >= 0.3 is 5.97 Å². The van der Waals surface area contributed by atoms with Crippen LogP contribution in [0.1, 0.15) is 44.9 Å². The number of carbonyl (C=O) groups excluding carboxylic acids is 1. The molecule has 1 aliphatic carbocycles. The van der Waals surface area contributed by atoms with Crippen LogP contribution in [0.2, 0.25) is 0 Å². The third-order valence-corrected chi connectivity index (χ3v) is 6.23. The molecule has 6 nitrogen and oxygen atoms in total. The van der Waals surface area contributed by atoms with Gasteiger partial charge in [-0.05, 0) is 32.1 Å². The minimum Gasteiger partial charge on any atom is -0.481 e. The van der Waals surface area contributed by atoms with E-state index in [9.17, 15) is 18.0 Å². The number of rotatable bonds is 4. The molecule has 2 rings (SSSR count). The van der Waals surface area contributed by atoms with Gasteiger partial charge in [-0.3, -0.25) is 9.59 Å². The maximum atomic E-state index is 12.1. The first-order valence-electron chi connectivity index (χ1n) is 6.60. The zero-order valence-corrected chi connectivity index (χ0v) is 11.5. The van der Waals surface area contributed by atoms with Crippen molar-refractivity contribution < 1.29 is 23.1 Å². The fourth-order valence-electron chi connectivity index (χ4n) is 2.83. The molecule has 1 saturated carbocycles. The van der Waals surface area contributed by atoms with E-state index in [0.29, 0.717) is 25.7 Å². The Kier molecular flexibility index (Phi) is 3.85. The molecule has 0 radical (unpaired) electrons. The zero-order chi connectivity index (χ0) is 14.1. The average Bonchev–Trinajstić information content (AvgIpc) is 2.24. The van der Waals surface area contributed by atoms with E-state index in [4.69, 9.17) is 5.11 Å². The van der Waals surface area contributed by atoms with Crippen LogP contribution >= 0.6 is 0 Å². The van der Waals surface area contributed by atoms with Crippen molar-refractivity contribution in [2.24, 2.45) is 0 Å². The molecule has 1 unspecified atom stereocenters. The summed E-state index contributed by atoms with van der Waals surface area (Å²) < 4.78 is 23.7. The molecule has 19 heavy (non-hydrogen) atoms. The van der Waals surface area contributed by atoms with Crippen molar-refractivity contribution in [3.8, 4) is 0 Å². The number of carbonyl (C=O) groups is 2. The molecule has 2 fully saturated rings. The lowest BCUT2D eigenvalue weighted by Crippen LogP contribution is -2.58. The average molecular weight is 289 g/mol. The summed E-state index contributed by atoms with van der Waals surface area (Å²) in [6.45, 7) is 0. The van der Waals surface area contributed by atoms with Crippen molar-refractivity contribution in [2.45, 2.75) is 55.7 Å². The molecule has 0 aromatic rings. The van der Waals surface area contributed by atoms with Crippen molar-refractivity contribution in [1.29, 1.82) is 0 Å². The summed E-state index contributed by atoms with van der Waals surface area (Å²) in [5.74, 6) is -1.43. The number of aliphatic carboxylic acids is 1. The van der Waals surface area contributed by atoms with Gasteiger partial charge in [-0.2, -0.15) is 0 Å². The van der Waals surface area contributed by atoms with Crippen molar-refractivity contribution in [2.75, 3.05) is 5.75 Å². The lowest BCUT2D eigenvalue weighted by Gasteiger charge is -2.42. The normalized spacial score (nSPS) is 28.1. The quantitative estimate of drug-likeness (QED) is 0.783. The first-order chi connectivity index (χ1) is 8.85. The Balaban J connectivity index is 2.05. The van der Waals surface area contributed by atoms with Crippen molar-refractivity contribution in [3.63, 3.8) is 0 Å². The van der Waals surface area contributed by atoms with Crippen LogP contribution in [0.5, 0.6) is 0 Å². The van der Waals surface area contributed by atoms with Crippen LogP contribution in [0.25, 0.3) is 0 Å². The van der Waals surface area contributed by atoms with E-state index in [2.05, 4.69) is 5.32 Å². The van der Waals surface area contributed by atoms with E-state index in [-0.39, 0.29) is 12.2 Å². The van der Waals surface area contributed by atoms with Crippen LogP contribution in [0.3, 0.4) is 0 Å². The maximum absolute atomic E-state index is 12.1. The number of hydrogen-bond acceptors (Lipinski definition) is 4. The smallest absolute Gasteiger partial charge is 0.305 e. The van der Waals surface area contributed by atoms with Gasteiger partial charge in [0.25, 0.3) is 0 Å². The fraction of sp³-hybridized carbons (Fsp3) is 0.833. The van der Waals surface area contributed by atoms with Crippen molar-refractivity contribution in [3.05, 3.63) is 0 Å². The highest BCUT2D eigenvalue weighted by Crippen LogP contribution is 2.35. The molecule has 1 amide bonds. The standard InChI is InChI=1S/C12H19NO5S/c14-10(15)8-12(5-3-6-12)13-11(16)9-4-1-2-7-19(9,17)18/h9H,1-8H2,(H,13,16)(H,14,15). The molecular formula is C12H19NO5S. The minimum absolute atomic E-state index is 0.0526. The highest BCUT2D eigenvalue weighted by Gasteiger charge is 2.44. The summed E-state index contributed by atoms with van der Waals surface area (Å²) >= 11 is 0. The van der Waals surface area contributed by atoms with Crippen LogP contribution in [-0.4, -0.2) is 41.9 Å². The van der Waals surface area contributed by atoms with Crippen LogP contribution < -0.4 is 5.32 Å². The Bertz CT molecular complexity index is 480. The third-order valence-electron chi connectivity index (χ3n) is 4.06. The molecule has 0 aromatic heterocycles. The third kappa shape index (κ3) is 3.08. The van der Waals surface area contributed by atoms with Crippen LogP contribution in [0.4, 0.5) is 0 Å². The Morgan fingerprint density at radius 1 is 1.21 bits per heavy atom. The van der Waals surface area contributed by atoms with Gasteiger partial charge in [0, 0.05) is 0 Å². The number of hydrogen-bond donors (Lipinski definition) is 2. The molecule has 1 aliphatic heterocycles. The largest absolute Gasteiger partial charge is 0.481 e. The van der Waals surface area contributed by atoms with E-state index < -0.39 is 32.5 Å². The van der Waals surface area contributed by atoms with E-state index in [1.54, 1.807) is 0 Å². The Hall–Kier alpha value is -1.11. The second-order valence-electron chi connectivity index (χ2n) is 5.55. The van der Waals surface area contributed by atoms with Crippen LogP contribution in [0, 0.1) is 0 Å². The first-order valence-corrected chi connectivity index (χ1v) is 8.32. The Morgan fingerprint density at radius 3 is 2.37 bits per heavy atom. The topological polar surface area (TPSA) is 101 Å². The molecule has 1 heterocycles. The molecule has 1 atom stereocenters. The highest BCUT2D eigenvalue weighted by molar-refractivity contribution is 7.92. The zero-order valence-electron chi connectivity index (χ0n) is 10.7. The van der Waals surface area contributed by atoms with Gasteiger partial charge < -0.3 is 10.4 Å². The predicted octanol–water partition coefficient (Wildman–Crippen LogP) is 0.467. The number of carboxylic acid groups (broad SMARTS) is 1. The van der Waals surface area contributed by atoms with Gasteiger partial charge in [0.2, 0.25) is 5.91 Å². The Morgan fingerprint density at radius 2 is 1.89 bits per heavy atom. The Labute approximate surface area is 112 Å². The highest BCUT2D eigenvalue weighted by atomic mass is 32.2. The predicted molar refractivity (Wildman–Crippen MR) is 68.4 cm³/mol. The lowest BCUT2D eigenvalue weighted by molar-refractivity contribution is -0.140. The molecule has 108 valence electrons. The summed E-state index contributed by atoms with van der Waals surface area (Å²) in [6.07, 6.45) is 3.62. The molecule has 1 saturated heterocycles. The van der Waals surface area contributed by atoms with Crippen LogP contribution in [-0.2, 0) is 19.4 Å². The van der Waals surface area contributed by atoms with E-state index in [1.165, 1.54) is 0 Å². The summed E-state index contributed by atoms with van der Waals surface area (Å²) in [5, 5.41) is 10.6.